The lowest BCUT2D eigenvalue weighted by Crippen LogP contribution is -2.62. The lowest BCUT2D eigenvalue weighted by molar-refractivity contribution is 0.293. The van der Waals surface area contributed by atoms with Gasteiger partial charge in [0.2, 0.25) is 10.0 Å². The zero-order valence-corrected chi connectivity index (χ0v) is 18.7. The number of aryl methyl sites for hydroxylation is 1. The van der Waals surface area contributed by atoms with E-state index in [1.807, 2.05) is 31.2 Å². The smallest absolute Gasteiger partial charge is 0.243 e. The number of amidine groups is 1. The maximum Gasteiger partial charge on any atom is 0.243 e. The fraction of sp³-hybridized carbons (Fsp3) is 0.478. The van der Waals surface area contributed by atoms with Crippen LogP contribution in [0.5, 0.6) is 0 Å². The third-order valence-corrected chi connectivity index (χ3v) is 8.68. The molecule has 31 heavy (non-hydrogen) atoms. The number of piperidine rings is 1. The Hall–Kier alpha value is -2.45. The Morgan fingerprint density at radius 3 is 2.74 bits per heavy atom. The van der Waals surface area contributed by atoms with Crippen LogP contribution in [0.25, 0.3) is 0 Å². The van der Waals surface area contributed by atoms with Gasteiger partial charge in [0, 0.05) is 19.3 Å². The molecule has 1 aromatic heterocycles. The number of anilines is 2. The Morgan fingerprint density at radius 2 is 1.94 bits per heavy atom. The number of aromatic nitrogens is 1. The quantitative estimate of drug-likeness (QED) is 0.760. The molecular weight excluding hydrogens is 410 g/mol. The monoisotopic (exact) mass is 439 g/mol. The average Bonchev–Trinajstić information content (AvgIpc) is 3.28. The lowest BCUT2D eigenvalue weighted by Gasteiger charge is -2.46. The van der Waals surface area contributed by atoms with Crippen molar-refractivity contribution in [3.63, 3.8) is 0 Å². The van der Waals surface area contributed by atoms with E-state index < -0.39 is 15.6 Å². The minimum absolute atomic E-state index is 0.287. The summed E-state index contributed by atoms with van der Waals surface area (Å²) in [6.45, 7) is 2.70. The van der Waals surface area contributed by atoms with E-state index in [0.717, 1.165) is 48.6 Å². The topological polar surface area (TPSA) is 86.7 Å². The maximum atomic E-state index is 13.6. The summed E-state index contributed by atoms with van der Waals surface area (Å²) in [4.78, 5) is 9.94. The molecule has 1 unspecified atom stereocenters. The standard InChI is InChI=1S/C23H29N5O2S/c1-17-8-2-5-12-20(17)31(29,30)28-15-7-13-23(16-28)22(25-18-9-3-4-10-18)26-21-19(27-23)11-6-14-24-21/h2,5-6,8,11-12,14,18,27H,3-4,7,9-10,13,15-16H2,1H3,(H,24,25,26). The van der Waals surface area contributed by atoms with Gasteiger partial charge >= 0.3 is 0 Å². The van der Waals surface area contributed by atoms with Crippen LogP contribution in [-0.4, -0.2) is 48.2 Å². The first-order chi connectivity index (χ1) is 15.0. The molecule has 1 spiro atoms. The Bertz CT molecular complexity index is 1110. The van der Waals surface area contributed by atoms with Crippen molar-refractivity contribution in [1.82, 2.24) is 9.29 Å². The molecule has 2 aromatic rings. The number of aliphatic imine (C=N–C) groups is 1. The van der Waals surface area contributed by atoms with E-state index in [-0.39, 0.29) is 6.04 Å². The van der Waals surface area contributed by atoms with Gasteiger partial charge in [0.15, 0.2) is 5.82 Å². The molecule has 2 aliphatic heterocycles. The van der Waals surface area contributed by atoms with Crippen LogP contribution in [0, 0.1) is 6.92 Å². The number of sulfonamides is 1. The highest BCUT2D eigenvalue weighted by atomic mass is 32.2. The molecule has 2 N–H and O–H groups in total. The van der Waals surface area contributed by atoms with Gasteiger partial charge in [0.05, 0.1) is 16.6 Å². The third kappa shape index (κ3) is 3.72. The van der Waals surface area contributed by atoms with E-state index in [1.54, 1.807) is 22.6 Å². The van der Waals surface area contributed by atoms with Gasteiger partial charge in [0.25, 0.3) is 0 Å². The Kier molecular flexibility index (Phi) is 5.22. The molecule has 1 aromatic carbocycles. The normalized spacial score (nSPS) is 25.9. The average molecular weight is 440 g/mol. The Balaban J connectivity index is 1.53. The van der Waals surface area contributed by atoms with Crippen LogP contribution in [0.4, 0.5) is 11.5 Å². The summed E-state index contributed by atoms with van der Waals surface area (Å²) in [5.74, 6) is 1.58. The van der Waals surface area contributed by atoms with Gasteiger partial charge < -0.3 is 10.6 Å². The number of fused-ring (bicyclic) bond motifs is 1. The molecule has 1 aliphatic carbocycles. The summed E-state index contributed by atoms with van der Waals surface area (Å²) < 4.78 is 28.7. The van der Waals surface area contributed by atoms with Gasteiger partial charge in [-0.2, -0.15) is 4.31 Å². The molecule has 5 rings (SSSR count). The van der Waals surface area contributed by atoms with Crippen molar-refractivity contribution in [2.75, 3.05) is 23.7 Å². The highest BCUT2D eigenvalue weighted by molar-refractivity contribution is 7.89. The maximum absolute atomic E-state index is 13.6. The largest absolute Gasteiger partial charge is 0.369 e. The predicted octanol–water partition coefficient (Wildman–Crippen LogP) is 3.79. The molecule has 1 atom stereocenters. The molecule has 0 radical (unpaired) electrons. The summed E-state index contributed by atoms with van der Waals surface area (Å²) in [5.41, 5.74) is 1.08. The van der Waals surface area contributed by atoms with Crippen molar-refractivity contribution in [2.24, 2.45) is 4.99 Å². The third-order valence-electron chi connectivity index (χ3n) is 6.68. The Labute approximate surface area is 184 Å². The van der Waals surface area contributed by atoms with Gasteiger partial charge in [-0.05, 0) is 56.4 Å². The summed E-state index contributed by atoms with van der Waals surface area (Å²) in [7, 11) is -3.60. The van der Waals surface area contributed by atoms with E-state index >= 15 is 0 Å². The molecule has 2 fully saturated rings. The van der Waals surface area contributed by atoms with Crippen molar-refractivity contribution < 1.29 is 8.42 Å². The van der Waals surface area contributed by atoms with Crippen LogP contribution in [-0.2, 0) is 10.0 Å². The van der Waals surface area contributed by atoms with Gasteiger partial charge in [-0.1, -0.05) is 31.0 Å². The van der Waals surface area contributed by atoms with Crippen LogP contribution < -0.4 is 10.6 Å². The van der Waals surface area contributed by atoms with Gasteiger partial charge in [-0.15, -0.1) is 0 Å². The van der Waals surface area contributed by atoms with Crippen molar-refractivity contribution >= 4 is 27.4 Å². The first-order valence-corrected chi connectivity index (χ1v) is 12.6. The second kappa shape index (κ2) is 7.91. The molecule has 3 aliphatic rings. The lowest BCUT2D eigenvalue weighted by atomic mass is 9.86. The van der Waals surface area contributed by atoms with Crippen molar-refractivity contribution in [3.8, 4) is 0 Å². The number of hydrogen-bond acceptors (Lipinski definition) is 5. The van der Waals surface area contributed by atoms with Crippen molar-refractivity contribution in [2.45, 2.75) is 61.9 Å². The fourth-order valence-electron chi connectivity index (χ4n) is 5.03. The van der Waals surface area contributed by atoms with E-state index in [2.05, 4.69) is 15.6 Å². The molecule has 7 nitrogen and oxygen atoms in total. The predicted molar refractivity (Wildman–Crippen MR) is 123 cm³/mol. The first-order valence-electron chi connectivity index (χ1n) is 11.1. The van der Waals surface area contributed by atoms with E-state index in [9.17, 15) is 8.42 Å². The van der Waals surface area contributed by atoms with Crippen molar-refractivity contribution in [3.05, 3.63) is 48.2 Å². The molecule has 164 valence electrons. The first kappa shape index (κ1) is 20.5. The zero-order chi connectivity index (χ0) is 21.5. The van der Waals surface area contributed by atoms with Crippen molar-refractivity contribution in [1.29, 1.82) is 0 Å². The SMILES string of the molecule is Cc1ccccc1S(=O)(=O)N1CCCC2(C1)Nc1cccnc1NC2=NC1CCCC1. The Morgan fingerprint density at radius 1 is 1.13 bits per heavy atom. The van der Waals surface area contributed by atoms with E-state index in [0.29, 0.717) is 18.0 Å². The van der Waals surface area contributed by atoms with E-state index in [1.165, 1.54) is 12.8 Å². The van der Waals surface area contributed by atoms with Crippen LogP contribution in [0.15, 0.2) is 52.5 Å². The second-order valence-electron chi connectivity index (χ2n) is 8.86. The fourth-order valence-corrected chi connectivity index (χ4v) is 6.79. The van der Waals surface area contributed by atoms with Crippen LogP contribution in [0.1, 0.15) is 44.1 Å². The molecule has 1 saturated carbocycles. The summed E-state index contributed by atoms with van der Waals surface area (Å²) in [6, 6.07) is 11.4. The molecule has 8 heteroatoms. The number of pyridine rings is 1. The summed E-state index contributed by atoms with van der Waals surface area (Å²) in [5, 5.41) is 7.11. The highest BCUT2D eigenvalue weighted by Gasteiger charge is 2.47. The molecule has 0 amide bonds. The molecule has 3 heterocycles. The number of benzene rings is 1. The number of rotatable bonds is 3. The van der Waals surface area contributed by atoms with Gasteiger partial charge in [0.1, 0.15) is 11.4 Å². The van der Waals surface area contributed by atoms with Crippen LogP contribution in [0.3, 0.4) is 0 Å². The van der Waals surface area contributed by atoms with Gasteiger partial charge in [-0.3, -0.25) is 4.99 Å². The zero-order valence-electron chi connectivity index (χ0n) is 17.8. The summed E-state index contributed by atoms with van der Waals surface area (Å²) in [6.07, 6.45) is 7.91. The van der Waals surface area contributed by atoms with E-state index in [4.69, 9.17) is 4.99 Å². The van der Waals surface area contributed by atoms with Crippen LogP contribution in [0.2, 0.25) is 0 Å². The number of nitrogens with one attached hydrogen (secondary N) is 2. The minimum Gasteiger partial charge on any atom is -0.369 e. The molecule has 1 saturated heterocycles. The van der Waals surface area contributed by atoms with Crippen LogP contribution >= 0.6 is 0 Å². The summed E-state index contributed by atoms with van der Waals surface area (Å²) >= 11 is 0. The number of nitrogens with zero attached hydrogens (tertiary/aromatic N) is 3. The minimum atomic E-state index is -3.60. The molecule has 0 bridgehead atoms. The number of hydrogen-bond donors (Lipinski definition) is 2. The second-order valence-corrected chi connectivity index (χ2v) is 10.8. The highest BCUT2D eigenvalue weighted by Crippen LogP contribution is 2.37. The molecular formula is C23H29N5O2S. The van der Waals surface area contributed by atoms with Gasteiger partial charge in [-0.25, -0.2) is 13.4 Å².